The second kappa shape index (κ2) is 6.64. The molecule has 0 spiro atoms. The molecule has 0 aliphatic carbocycles. The maximum absolute atomic E-state index is 13.7. The Balaban J connectivity index is 1.98. The van der Waals surface area contributed by atoms with Crippen LogP contribution in [0.25, 0.3) is 0 Å². The number of halogens is 1. The molecule has 0 fully saturated rings. The Morgan fingerprint density at radius 2 is 2.10 bits per heavy atom. The molecule has 20 heavy (non-hydrogen) atoms. The van der Waals surface area contributed by atoms with E-state index in [4.69, 9.17) is 10.00 Å². The summed E-state index contributed by atoms with van der Waals surface area (Å²) in [6.07, 6.45) is 1.66. The number of methoxy groups -OCH3 is 1. The van der Waals surface area contributed by atoms with Crippen LogP contribution in [0.5, 0.6) is 5.88 Å². The van der Waals surface area contributed by atoms with Crippen molar-refractivity contribution in [3.8, 4) is 11.9 Å². The minimum Gasteiger partial charge on any atom is -0.481 e. The smallest absolute Gasteiger partial charge is 0.217 e. The van der Waals surface area contributed by atoms with Gasteiger partial charge in [0.05, 0.1) is 18.7 Å². The second-order valence-electron chi connectivity index (χ2n) is 4.19. The number of benzene rings is 1. The lowest BCUT2D eigenvalue weighted by molar-refractivity contribution is 0.390. The summed E-state index contributed by atoms with van der Waals surface area (Å²) in [4.78, 5) is 4.09. The fourth-order valence-electron chi connectivity index (χ4n) is 1.83. The minimum atomic E-state index is -0.380. The molecule has 1 heterocycles. The van der Waals surface area contributed by atoms with Gasteiger partial charge in [-0.15, -0.1) is 0 Å². The van der Waals surface area contributed by atoms with E-state index >= 15 is 0 Å². The molecule has 0 radical (unpaired) electrons. The number of nitrogens with zero attached hydrogens (tertiary/aromatic N) is 2. The summed E-state index contributed by atoms with van der Waals surface area (Å²) in [6.45, 7) is 0.895. The standard InChI is InChI=1S/C15H14FN3O/c1-20-15-13(3-2-6-19-15)10-18-9-12-5-4-11(8-17)7-14(12)16/h2-7,18H,9-10H2,1H3. The topological polar surface area (TPSA) is 57.9 Å². The SMILES string of the molecule is COc1ncccc1CNCc1ccc(C#N)cc1F. The predicted octanol–water partition coefficient (Wildman–Crippen LogP) is 2.39. The van der Waals surface area contributed by atoms with E-state index in [2.05, 4.69) is 10.3 Å². The summed E-state index contributed by atoms with van der Waals surface area (Å²) in [7, 11) is 1.56. The molecule has 0 bridgehead atoms. The largest absolute Gasteiger partial charge is 0.481 e. The van der Waals surface area contributed by atoms with Crippen LogP contribution in [0.4, 0.5) is 4.39 Å². The Labute approximate surface area is 116 Å². The van der Waals surface area contributed by atoms with Crippen LogP contribution in [0.3, 0.4) is 0 Å². The van der Waals surface area contributed by atoms with Gasteiger partial charge in [-0.3, -0.25) is 0 Å². The zero-order chi connectivity index (χ0) is 14.4. The van der Waals surface area contributed by atoms with E-state index in [-0.39, 0.29) is 5.82 Å². The van der Waals surface area contributed by atoms with Gasteiger partial charge in [-0.25, -0.2) is 9.37 Å². The summed E-state index contributed by atoms with van der Waals surface area (Å²) in [5.41, 5.74) is 1.75. The molecule has 102 valence electrons. The highest BCUT2D eigenvalue weighted by Crippen LogP contribution is 2.14. The lowest BCUT2D eigenvalue weighted by Gasteiger charge is -2.09. The van der Waals surface area contributed by atoms with E-state index in [1.54, 1.807) is 25.4 Å². The molecule has 0 aliphatic heterocycles. The number of pyridine rings is 1. The monoisotopic (exact) mass is 271 g/mol. The molecule has 2 aromatic rings. The van der Waals surface area contributed by atoms with Gasteiger partial charge in [0.15, 0.2) is 0 Å². The van der Waals surface area contributed by atoms with Crippen molar-refractivity contribution in [2.75, 3.05) is 7.11 Å². The quantitative estimate of drug-likeness (QED) is 0.907. The Morgan fingerprint density at radius 1 is 1.30 bits per heavy atom. The summed E-state index contributed by atoms with van der Waals surface area (Å²) >= 11 is 0. The summed E-state index contributed by atoms with van der Waals surface area (Å²) < 4.78 is 18.8. The number of aromatic nitrogens is 1. The van der Waals surface area contributed by atoms with Crippen molar-refractivity contribution >= 4 is 0 Å². The molecule has 0 saturated carbocycles. The summed E-state index contributed by atoms with van der Waals surface area (Å²) in [5, 5.41) is 11.8. The first-order valence-electron chi connectivity index (χ1n) is 6.11. The molecule has 0 unspecified atom stereocenters. The van der Waals surface area contributed by atoms with Crippen molar-refractivity contribution in [1.29, 1.82) is 5.26 Å². The van der Waals surface area contributed by atoms with Gasteiger partial charge in [0.25, 0.3) is 0 Å². The fourth-order valence-corrected chi connectivity index (χ4v) is 1.83. The molecule has 0 atom stereocenters. The zero-order valence-electron chi connectivity index (χ0n) is 11.1. The van der Waals surface area contributed by atoms with Crippen molar-refractivity contribution in [3.63, 3.8) is 0 Å². The molecule has 0 amide bonds. The van der Waals surface area contributed by atoms with E-state index in [0.717, 1.165) is 5.56 Å². The highest BCUT2D eigenvalue weighted by molar-refractivity contribution is 5.33. The third kappa shape index (κ3) is 3.31. The fraction of sp³-hybridized carbons (Fsp3) is 0.200. The molecule has 0 aliphatic rings. The second-order valence-corrected chi connectivity index (χ2v) is 4.19. The molecule has 5 heteroatoms. The van der Waals surface area contributed by atoms with Crippen molar-refractivity contribution in [3.05, 3.63) is 59.0 Å². The van der Waals surface area contributed by atoms with E-state index in [0.29, 0.717) is 30.1 Å². The number of hydrogen-bond acceptors (Lipinski definition) is 4. The molecule has 4 nitrogen and oxygen atoms in total. The van der Waals surface area contributed by atoms with Crippen LogP contribution in [0.15, 0.2) is 36.5 Å². The highest BCUT2D eigenvalue weighted by Gasteiger charge is 2.05. The summed E-state index contributed by atoms with van der Waals surface area (Å²) in [6, 6.07) is 10.1. The van der Waals surface area contributed by atoms with Crippen LogP contribution in [0.2, 0.25) is 0 Å². The first-order valence-corrected chi connectivity index (χ1v) is 6.11. The number of nitriles is 1. The lowest BCUT2D eigenvalue weighted by Crippen LogP contribution is -2.14. The average molecular weight is 271 g/mol. The van der Waals surface area contributed by atoms with Crippen LogP contribution in [-0.4, -0.2) is 12.1 Å². The predicted molar refractivity (Wildman–Crippen MR) is 72.4 cm³/mol. The Hall–Kier alpha value is -2.45. The summed E-state index contributed by atoms with van der Waals surface area (Å²) in [5.74, 6) is 0.176. The van der Waals surface area contributed by atoms with E-state index < -0.39 is 0 Å². The first kappa shape index (κ1) is 14.0. The van der Waals surface area contributed by atoms with E-state index in [9.17, 15) is 4.39 Å². The van der Waals surface area contributed by atoms with Gasteiger partial charge in [0.1, 0.15) is 5.82 Å². The maximum Gasteiger partial charge on any atom is 0.217 e. The maximum atomic E-state index is 13.7. The van der Waals surface area contributed by atoms with Gasteiger partial charge >= 0.3 is 0 Å². The zero-order valence-corrected chi connectivity index (χ0v) is 11.1. The number of hydrogen-bond donors (Lipinski definition) is 1. The van der Waals surface area contributed by atoms with Crippen LogP contribution < -0.4 is 10.1 Å². The van der Waals surface area contributed by atoms with E-state index in [1.165, 1.54) is 6.07 Å². The Kier molecular flexibility index (Phi) is 4.64. The number of ether oxygens (including phenoxy) is 1. The van der Waals surface area contributed by atoms with Crippen molar-refractivity contribution in [2.45, 2.75) is 13.1 Å². The van der Waals surface area contributed by atoms with E-state index in [1.807, 2.05) is 18.2 Å². The van der Waals surface area contributed by atoms with Crippen molar-refractivity contribution in [2.24, 2.45) is 0 Å². The van der Waals surface area contributed by atoms with Crippen LogP contribution >= 0.6 is 0 Å². The molecule has 1 aromatic carbocycles. The van der Waals surface area contributed by atoms with Gasteiger partial charge in [-0.1, -0.05) is 12.1 Å². The molecule has 1 N–H and O–H groups in total. The van der Waals surface area contributed by atoms with Gasteiger partial charge in [0.2, 0.25) is 5.88 Å². The normalized spacial score (nSPS) is 10.1. The van der Waals surface area contributed by atoms with Gasteiger partial charge in [-0.2, -0.15) is 5.26 Å². The molecular weight excluding hydrogens is 257 g/mol. The Bertz CT molecular complexity index is 637. The van der Waals surface area contributed by atoms with Gasteiger partial charge in [0, 0.05) is 30.4 Å². The Morgan fingerprint density at radius 3 is 2.80 bits per heavy atom. The first-order chi connectivity index (χ1) is 9.74. The van der Waals surface area contributed by atoms with Crippen LogP contribution in [0, 0.1) is 17.1 Å². The third-order valence-corrected chi connectivity index (χ3v) is 2.86. The minimum absolute atomic E-state index is 0.320. The highest BCUT2D eigenvalue weighted by atomic mass is 19.1. The number of nitrogens with one attached hydrogen (secondary N) is 1. The molecule has 2 rings (SSSR count). The van der Waals surface area contributed by atoms with Crippen molar-refractivity contribution < 1.29 is 9.13 Å². The van der Waals surface area contributed by atoms with Gasteiger partial charge in [-0.05, 0) is 18.2 Å². The molecular formula is C15H14FN3O. The van der Waals surface area contributed by atoms with Crippen LogP contribution in [0.1, 0.15) is 16.7 Å². The van der Waals surface area contributed by atoms with Crippen LogP contribution in [-0.2, 0) is 13.1 Å². The lowest BCUT2D eigenvalue weighted by atomic mass is 10.1. The third-order valence-electron chi connectivity index (χ3n) is 2.86. The molecule has 0 saturated heterocycles. The van der Waals surface area contributed by atoms with Gasteiger partial charge < -0.3 is 10.1 Å². The van der Waals surface area contributed by atoms with Crippen molar-refractivity contribution in [1.82, 2.24) is 10.3 Å². The average Bonchev–Trinajstić information content (AvgIpc) is 2.49. The molecule has 1 aromatic heterocycles. The number of rotatable bonds is 5.